The fourth-order valence-electron chi connectivity index (χ4n) is 2.02. The van der Waals surface area contributed by atoms with Gasteiger partial charge in [-0.1, -0.05) is 12.1 Å². The van der Waals surface area contributed by atoms with Crippen molar-refractivity contribution in [3.05, 3.63) is 23.5 Å². The zero-order valence-corrected chi connectivity index (χ0v) is 12.2. The summed E-state index contributed by atoms with van der Waals surface area (Å²) in [5.74, 6) is -1.40. The molecule has 0 saturated heterocycles. The smallest absolute Gasteiger partial charge is 0.323 e. The van der Waals surface area contributed by atoms with Gasteiger partial charge in [0.05, 0.1) is 16.6 Å². The third-order valence-electron chi connectivity index (χ3n) is 3.45. The van der Waals surface area contributed by atoms with Gasteiger partial charge in [-0.25, -0.2) is 4.98 Å². The lowest BCUT2D eigenvalue weighted by atomic mass is 10.1. The van der Waals surface area contributed by atoms with Crippen molar-refractivity contribution in [2.75, 3.05) is 6.54 Å². The largest absolute Gasteiger partial charge is 0.480 e. The minimum Gasteiger partial charge on any atom is -0.480 e. The van der Waals surface area contributed by atoms with Gasteiger partial charge in [0.1, 0.15) is 6.54 Å². The minimum atomic E-state index is -1.04. The van der Waals surface area contributed by atoms with E-state index in [-0.39, 0.29) is 18.5 Å². The van der Waals surface area contributed by atoms with Crippen molar-refractivity contribution >= 4 is 23.0 Å². The van der Waals surface area contributed by atoms with Crippen LogP contribution in [0.2, 0.25) is 0 Å². The lowest BCUT2D eigenvalue weighted by Gasteiger charge is -2.26. The molecule has 0 aliphatic heterocycles. The molecule has 1 N–H and O–H groups in total. The number of hydrogen-bond donors (Lipinski definition) is 1. The van der Waals surface area contributed by atoms with Gasteiger partial charge >= 0.3 is 5.97 Å². The zero-order valence-electron chi connectivity index (χ0n) is 12.2. The summed E-state index contributed by atoms with van der Waals surface area (Å²) in [7, 11) is 0. The lowest BCUT2D eigenvalue weighted by molar-refractivity contribution is -0.138. The predicted octanol–water partition coefficient (Wildman–Crippen LogP) is 1.86. The van der Waals surface area contributed by atoms with Crippen molar-refractivity contribution in [3.63, 3.8) is 0 Å². The highest BCUT2D eigenvalue weighted by Gasteiger charge is 2.24. The Morgan fingerprint density at radius 2 is 2.19 bits per heavy atom. The summed E-state index contributed by atoms with van der Waals surface area (Å²) >= 11 is 0. The summed E-state index contributed by atoms with van der Waals surface area (Å²) in [4.78, 5) is 28.9. The quantitative estimate of drug-likeness (QED) is 0.903. The van der Waals surface area contributed by atoms with Gasteiger partial charge in [0.25, 0.3) is 11.6 Å². The highest BCUT2D eigenvalue weighted by atomic mass is 16.5. The van der Waals surface area contributed by atoms with Crippen LogP contribution in [0.15, 0.2) is 16.8 Å². The monoisotopic (exact) mass is 291 g/mol. The Labute approximate surface area is 121 Å². The molecule has 112 valence electrons. The van der Waals surface area contributed by atoms with Crippen LogP contribution in [0.1, 0.15) is 36.3 Å². The molecule has 0 aliphatic carbocycles. The lowest BCUT2D eigenvalue weighted by Crippen LogP contribution is -2.41. The second-order valence-corrected chi connectivity index (χ2v) is 4.93. The average Bonchev–Trinajstić information content (AvgIpc) is 2.84. The number of carboxylic acid groups (broad SMARTS) is 1. The van der Waals surface area contributed by atoms with Crippen LogP contribution in [0.3, 0.4) is 0 Å². The van der Waals surface area contributed by atoms with Crippen molar-refractivity contribution in [2.24, 2.45) is 0 Å². The van der Waals surface area contributed by atoms with E-state index >= 15 is 0 Å². The van der Waals surface area contributed by atoms with Gasteiger partial charge in [-0.05, 0) is 26.3 Å². The molecule has 0 aromatic carbocycles. The second-order valence-electron chi connectivity index (χ2n) is 4.93. The summed E-state index contributed by atoms with van der Waals surface area (Å²) in [5, 5.41) is 13.4. The maximum Gasteiger partial charge on any atom is 0.323 e. The van der Waals surface area contributed by atoms with Gasteiger partial charge in [0.15, 0.2) is 0 Å². The van der Waals surface area contributed by atoms with E-state index in [1.807, 2.05) is 13.8 Å². The fourth-order valence-corrected chi connectivity index (χ4v) is 2.02. The summed E-state index contributed by atoms with van der Waals surface area (Å²) in [5.41, 5.74) is 1.33. The average molecular weight is 291 g/mol. The van der Waals surface area contributed by atoms with Crippen molar-refractivity contribution in [2.45, 2.75) is 33.2 Å². The molecule has 0 fully saturated rings. The fraction of sp³-hybridized carbons (Fsp3) is 0.429. The number of carbonyl (C=O) groups is 2. The van der Waals surface area contributed by atoms with Crippen LogP contribution in [0, 0.1) is 6.92 Å². The van der Waals surface area contributed by atoms with E-state index < -0.39 is 5.97 Å². The predicted molar refractivity (Wildman–Crippen MR) is 75.0 cm³/mol. The molecule has 0 radical (unpaired) electrons. The number of aryl methyl sites for hydroxylation is 1. The van der Waals surface area contributed by atoms with Crippen LogP contribution in [-0.4, -0.2) is 44.6 Å². The van der Waals surface area contributed by atoms with Crippen LogP contribution < -0.4 is 0 Å². The first-order chi connectivity index (χ1) is 9.93. The van der Waals surface area contributed by atoms with Crippen LogP contribution in [0.4, 0.5) is 0 Å². The number of nitrogens with zero attached hydrogens (tertiary/aromatic N) is 3. The normalized spacial score (nSPS) is 12.3. The van der Waals surface area contributed by atoms with Gasteiger partial charge in [0, 0.05) is 12.2 Å². The Kier molecular flexibility index (Phi) is 4.21. The number of rotatable bonds is 5. The van der Waals surface area contributed by atoms with E-state index in [0.29, 0.717) is 28.8 Å². The Bertz CT molecular complexity index is 680. The van der Waals surface area contributed by atoms with Crippen molar-refractivity contribution in [1.82, 2.24) is 15.0 Å². The molecule has 7 heteroatoms. The minimum absolute atomic E-state index is 0.173. The molecular formula is C14H17N3O4. The zero-order chi connectivity index (χ0) is 15.6. The van der Waals surface area contributed by atoms with Gasteiger partial charge in [0.2, 0.25) is 0 Å². The molecule has 0 spiro atoms. The third-order valence-corrected chi connectivity index (χ3v) is 3.45. The van der Waals surface area contributed by atoms with Crippen molar-refractivity contribution in [3.8, 4) is 0 Å². The first-order valence-electron chi connectivity index (χ1n) is 6.68. The van der Waals surface area contributed by atoms with Crippen LogP contribution in [-0.2, 0) is 4.79 Å². The molecule has 1 amide bonds. The second kappa shape index (κ2) is 5.90. The molecule has 1 atom stereocenters. The van der Waals surface area contributed by atoms with E-state index in [2.05, 4.69) is 10.1 Å². The van der Waals surface area contributed by atoms with Gasteiger partial charge < -0.3 is 14.5 Å². The van der Waals surface area contributed by atoms with E-state index in [4.69, 9.17) is 9.63 Å². The number of amides is 1. The van der Waals surface area contributed by atoms with E-state index in [0.717, 1.165) is 0 Å². The maximum absolute atomic E-state index is 12.5. The third kappa shape index (κ3) is 3.01. The number of hydrogen-bond acceptors (Lipinski definition) is 5. The number of pyridine rings is 1. The standard InChI is InChI=1S/C14H17N3O4/c1-4-8(2)17(7-12(18)19)14(20)10-5-11-9(3)16-21-13(11)15-6-10/h5-6,8H,4,7H2,1-3H3,(H,18,19). The number of aromatic nitrogens is 2. The number of aliphatic carboxylic acids is 1. The topological polar surface area (TPSA) is 96.5 Å². The summed E-state index contributed by atoms with van der Waals surface area (Å²) in [6.07, 6.45) is 2.05. The van der Waals surface area contributed by atoms with Crippen LogP contribution >= 0.6 is 0 Å². The highest BCUT2D eigenvalue weighted by Crippen LogP contribution is 2.18. The molecular weight excluding hydrogens is 274 g/mol. The van der Waals surface area contributed by atoms with Gasteiger partial charge in [-0.15, -0.1) is 0 Å². The van der Waals surface area contributed by atoms with Crippen LogP contribution in [0.25, 0.3) is 11.1 Å². The maximum atomic E-state index is 12.5. The molecule has 2 heterocycles. The Morgan fingerprint density at radius 3 is 2.81 bits per heavy atom. The molecule has 2 aromatic rings. The van der Waals surface area contributed by atoms with E-state index in [9.17, 15) is 9.59 Å². The molecule has 21 heavy (non-hydrogen) atoms. The Morgan fingerprint density at radius 1 is 1.48 bits per heavy atom. The van der Waals surface area contributed by atoms with Gasteiger partial charge in [-0.3, -0.25) is 9.59 Å². The summed E-state index contributed by atoms with van der Waals surface area (Å²) in [6, 6.07) is 1.46. The van der Waals surface area contributed by atoms with Crippen molar-refractivity contribution < 1.29 is 19.2 Å². The Hall–Kier alpha value is -2.44. The number of carbonyl (C=O) groups excluding carboxylic acids is 1. The molecule has 2 aromatic heterocycles. The summed E-state index contributed by atoms with van der Waals surface area (Å²) in [6.45, 7) is 5.13. The molecule has 0 bridgehead atoms. The van der Waals surface area contributed by atoms with E-state index in [1.165, 1.54) is 11.1 Å². The molecule has 1 unspecified atom stereocenters. The SMILES string of the molecule is CCC(C)N(CC(=O)O)C(=O)c1cnc2onc(C)c2c1. The first-order valence-corrected chi connectivity index (χ1v) is 6.68. The first kappa shape index (κ1) is 15.0. The molecule has 0 aliphatic rings. The van der Waals surface area contributed by atoms with E-state index in [1.54, 1.807) is 13.0 Å². The summed E-state index contributed by atoms with van der Waals surface area (Å²) < 4.78 is 5.00. The van der Waals surface area contributed by atoms with Crippen molar-refractivity contribution in [1.29, 1.82) is 0 Å². The highest BCUT2D eigenvalue weighted by molar-refractivity contribution is 5.98. The van der Waals surface area contributed by atoms with Gasteiger partial charge in [-0.2, -0.15) is 0 Å². The molecule has 0 saturated carbocycles. The number of fused-ring (bicyclic) bond motifs is 1. The number of carboxylic acids is 1. The Balaban J connectivity index is 2.37. The molecule has 7 nitrogen and oxygen atoms in total. The van der Waals surface area contributed by atoms with Crippen LogP contribution in [0.5, 0.6) is 0 Å². The molecule has 2 rings (SSSR count).